The molecule has 2 atom stereocenters. The summed E-state index contributed by atoms with van der Waals surface area (Å²) < 4.78 is 27.3. The van der Waals surface area contributed by atoms with Gasteiger partial charge in [0.25, 0.3) is 0 Å². The van der Waals surface area contributed by atoms with E-state index in [1.54, 1.807) is 16.4 Å². The summed E-state index contributed by atoms with van der Waals surface area (Å²) in [5, 5.41) is 0. The Morgan fingerprint density at radius 2 is 1.52 bits per heavy atom. The van der Waals surface area contributed by atoms with Crippen LogP contribution in [0.3, 0.4) is 0 Å². The molecule has 1 fully saturated rings. The van der Waals surface area contributed by atoms with Gasteiger partial charge in [0.05, 0.1) is 16.5 Å². The Hall–Kier alpha value is -1.65. The van der Waals surface area contributed by atoms with Crippen molar-refractivity contribution in [3.63, 3.8) is 0 Å². The van der Waals surface area contributed by atoms with Crippen LogP contribution in [0.15, 0.2) is 59.5 Å². The number of benzene rings is 2. The van der Waals surface area contributed by atoms with Crippen LogP contribution in [0, 0.1) is 6.92 Å². The van der Waals surface area contributed by atoms with E-state index in [4.69, 9.17) is 0 Å². The molecule has 1 saturated heterocycles. The van der Waals surface area contributed by atoms with Gasteiger partial charge in [-0.05, 0) is 38.5 Å². The summed E-state index contributed by atoms with van der Waals surface area (Å²) in [6, 6.07) is 16.7. The van der Waals surface area contributed by atoms with Crippen molar-refractivity contribution in [1.82, 2.24) is 4.31 Å². The predicted octanol–water partition coefficient (Wildman–Crippen LogP) is 3.52. The highest BCUT2D eigenvalue weighted by Gasteiger charge is 2.62. The van der Waals surface area contributed by atoms with Gasteiger partial charge in [0.15, 0.2) is 0 Å². The first-order valence-electron chi connectivity index (χ1n) is 7.01. The van der Waals surface area contributed by atoms with Crippen LogP contribution in [-0.2, 0) is 10.0 Å². The Morgan fingerprint density at radius 1 is 0.952 bits per heavy atom. The number of aryl methyl sites for hydroxylation is 1. The molecule has 21 heavy (non-hydrogen) atoms. The van der Waals surface area contributed by atoms with Gasteiger partial charge < -0.3 is 0 Å². The molecule has 0 amide bonds. The maximum atomic E-state index is 12.8. The van der Waals surface area contributed by atoms with Gasteiger partial charge in [-0.25, -0.2) is 8.42 Å². The Balaban J connectivity index is 1.99. The molecule has 1 aliphatic rings. The van der Waals surface area contributed by atoms with Crippen LogP contribution in [0.4, 0.5) is 0 Å². The van der Waals surface area contributed by atoms with Crippen LogP contribution >= 0.6 is 0 Å². The highest BCUT2D eigenvalue weighted by molar-refractivity contribution is 7.89. The van der Waals surface area contributed by atoms with Crippen molar-refractivity contribution in [1.29, 1.82) is 0 Å². The molecular formula is C17H19NO2S. The third-order valence-electron chi connectivity index (χ3n) is 4.10. The minimum Gasteiger partial charge on any atom is -0.207 e. The highest BCUT2D eigenvalue weighted by Crippen LogP contribution is 2.56. The third kappa shape index (κ3) is 2.28. The van der Waals surface area contributed by atoms with Crippen molar-refractivity contribution < 1.29 is 8.42 Å². The smallest absolute Gasteiger partial charge is 0.207 e. The summed E-state index contributed by atoms with van der Waals surface area (Å²) in [7, 11) is -3.45. The molecule has 0 saturated carbocycles. The average molecular weight is 301 g/mol. The molecule has 0 radical (unpaired) electrons. The highest BCUT2D eigenvalue weighted by atomic mass is 32.2. The Bertz CT molecular complexity index is 749. The normalized spacial score (nSPS) is 23.8. The third-order valence-corrected chi connectivity index (χ3v) is 6.16. The minimum atomic E-state index is -3.45. The molecule has 2 aromatic carbocycles. The van der Waals surface area contributed by atoms with Gasteiger partial charge in [0.2, 0.25) is 10.0 Å². The van der Waals surface area contributed by atoms with E-state index < -0.39 is 10.0 Å². The maximum absolute atomic E-state index is 12.8. The summed E-state index contributed by atoms with van der Waals surface area (Å²) in [5.74, 6) is 0. The molecule has 1 aliphatic heterocycles. The lowest BCUT2D eigenvalue weighted by molar-refractivity contribution is 0.527. The summed E-state index contributed by atoms with van der Waals surface area (Å²) >= 11 is 0. The van der Waals surface area contributed by atoms with E-state index >= 15 is 0 Å². The van der Waals surface area contributed by atoms with Gasteiger partial charge in [-0.2, -0.15) is 4.31 Å². The fraction of sp³-hybridized carbons (Fsp3) is 0.294. The first kappa shape index (κ1) is 14.3. The topological polar surface area (TPSA) is 37.1 Å². The van der Waals surface area contributed by atoms with Crippen LogP contribution in [0.25, 0.3) is 0 Å². The van der Waals surface area contributed by atoms with Gasteiger partial charge in [-0.3, -0.25) is 0 Å². The summed E-state index contributed by atoms with van der Waals surface area (Å²) in [5.41, 5.74) is 1.71. The summed E-state index contributed by atoms with van der Waals surface area (Å²) in [6.07, 6.45) is 0. The van der Waals surface area contributed by atoms with Crippen LogP contribution in [0.5, 0.6) is 0 Å². The lowest BCUT2D eigenvalue weighted by Crippen LogP contribution is -2.18. The monoisotopic (exact) mass is 301 g/mol. The molecule has 0 N–H and O–H groups in total. The molecule has 1 unspecified atom stereocenters. The molecule has 0 aromatic heterocycles. The molecular weight excluding hydrogens is 282 g/mol. The maximum Gasteiger partial charge on any atom is 0.244 e. The molecule has 2 aromatic rings. The number of sulfonamides is 1. The lowest BCUT2D eigenvalue weighted by atomic mass is 10.0. The van der Waals surface area contributed by atoms with Crippen LogP contribution < -0.4 is 0 Å². The van der Waals surface area contributed by atoms with Gasteiger partial charge in [-0.15, -0.1) is 0 Å². The Labute approximate surface area is 126 Å². The molecule has 3 rings (SSSR count). The van der Waals surface area contributed by atoms with Crippen molar-refractivity contribution in [2.75, 3.05) is 0 Å². The predicted molar refractivity (Wildman–Crippen MR) is 83.5 cm³/mol. The largest absolute Gasteiger partial charge is 0.244 e. The number of nitrogens with zero attached hydrogens (tertiary/aromatic N) is 1. The molecule has 1 heterocycles. The van der Waals surface area contributed by atoms with Gasteiger partial charge in [0.1, 0.15) is 0 Å². The van der Waals surface area contributed by atoms with E-state index in [2.05, 4.69) is 0 Å². The van der Waals surface area contributed by atoms with Gasteiger partial charge in [-0.1, -0.05) is 48.0 Å². The number of rotatable bonds is 3. The summed E-state index contributed by atoms with van der Waals surface area (Å²) in [6.45, 7) is 5.89. The zero-order valence-corrected chi connectivity index (χ0v) is 13.3. The Morgan fingerprint density at radius 3 is 2.10 bits per heavy atom. The zero-order valence-electron chi connectivity index (χ0n) is 12.4. The zero-order chi connectivity index (χ0) is 15.3. The van der Waals surface area contributed by atoms with E-state index in [0.717, 1.165) is 11.1 Å². The summed E-state index contributed by atoms with van der Waals surface area (Å²) in [4.78, 5) is 0.361. The molecule has 3 nitrogen and oxygen atoms in total. The molecule has 4 heteroatoms. The lowest BCUT2D eigenvalue weighted by Gasteiger charge is -2.08. The van der Waals surface area contributed by atoms with Gasteiger partial charge in [0, 0.05) is 0 Å². The van der Waals surface area contributed by atoms with Crippen LogP contribution in [0.1, 0.15) is 31.0 Å². The van der Waals surface area contributed by atoms with Crippen LogP contribution in [0.2, 0.25) is 0 Å². The molecule has 0 spiro atoms. The van der Waals surface area contributed by atoms with Crippen LogP contribution in [-0.4, -0.2) is 18.3 Å². The number of hydrogen-bond donors (Lipinski definition) is 0. The van der Waals surface area contributed by atoms with Crippen molar-refractivity contribution in [2.24, 2.45) is 0 Å². The van der Waals surface area contributed by atoms with E-state index in [9.17, 15) is 8.42 Å². The van der Waals surface area contributed by atoms with Crippen molar-refractivity contribution in [3.8, 4) is 0 Å². The van der Waals surface area contributed by atoms with Crippen molar-refractivity contribution >= 4 is 10.0 Å². The second-order valence-corrected chi connectivity index (χ2v) is 7.90. The second kappa shape index (κ2) is 4.68. The Kier molecular flexibility index (Phi) is 3.19. The molecule has 110 valence electrons. The first-order valence-corrected chi connectivity index (χ1v) is 8.45. The van der Waals surface area contributed by atoms with Crippen molar-refractivity contribution in [2.45, 2.75) is 37.2 Å². The fourth-order valence-electron chi connectivity index (χ4n) is 2.90. The number of hydrogen-bond acceptors (Lipinski definition) is 2. The van der Waals surface area contributed by atoms with E-state index in [1.807, 2.05) is 63.2 Å². The second-order valence-electron chi connectivity index (χ2n) is 6.08. The molecule has 0 aliphatic carbocycles. The molecule has 0 bridgehead atoms. The SMILES string of the molecule is Cc1ccc(S(=O)(=O)N2[C@H](c3ccccc3)C2(C)C)cc1. The van der Waals surface area contributed by atoms with Gasteiger partial charge >= 0.3 is 0 Å². The quantitative estimate of drug-likeness (QED) is 0.813. The van der Waals surface area contributed by atoms with E-state index in [1.165, 1.54) is 0 Å². The van der Waals surface area contributed by atoms with Crippen molar-refractivity contribution in [3.05, 3.63) is 65.7 Å². The average Bonchev–Trinajstić information content (AvgIpc) is 3.04. The minimum absolute atomic E-state index is 0.0926. The van der Waals surface area contributed by atoms with E-state index in [-0.39, 0.29) is 11.6 Å². The fourth-order valence-corrected chi connectivity index (χ4v) is 4.94. The first-order chi connectivity index (χ1) is 9.85. The van der Waals surface area contributed by atoms with E-state index in [0.29, 0.717) is 4.90 Å². The standard InChI is InChI=1S/C17H19NO2S/c1-13-9-11-15(12-10-13)21(19,20)18-16(17(18,2)3)14-7-5-4-6-8-14/h4-12,16H,1-3H3/t16-,18?/m1/s1.